The maximum Gasteiger partial charge on any atom is 0.0600 e. The van der Waals surface area contributed by atoms with Gasteiger partial charge in [0.2, 0.25) is 0 Å². The predicted molar refractivity (Wildman–Crippen MR) is 138 cm³/mol. The minimum absolute atomic E-state index is 0.131. The van der Waals surface area contributed by atoms with Crippen molar-refractivity contribution in [3.05, 3.63) is 47.8 Å². The first-order valence-corrected chi connectivity index (χ1v) is 13.1. The van der Waals surface area contributed by atoms with Gasteiger partial charge in [0.15, 0.2) is 0 Å². The highest BCUT2D eigenvalue weighted by molar-refractivity contribution is 5.23. The number of hydrogen-bond donors (Lipinski definition) is 2. The summed E-state index contributed by atoms with van der Waals surface area (Å²) >= 11 is 0. The van der Waals surface area contributed by atoms with Crippen molar-refractivity contribution in [2.24, 2.45) is 0 Å². The number of unbranched alkanes of at least 4 members (excludes halogenated alkanes) is 2. The Hall–Kier alpha value is -1.52. The van der Waals surface area contributed by atoms with Crippen molar-refractivity contribution in [2.75, 3.05) is 19.6 Å². The van der Waals surface area contributed by atoms with Gasteiger partial charge in [0.25, 0.3) is 0 Å². The number of aliphatic hydroxyl groups excluding tert-OH is 1. The fourth-order valence-electron chi connectivity index (χ4n) is 3.92. The molecular weight excluding hydrogens is 396 g/mol. The number of aliphatic hydroxyl groups is 1. The molecular formula is C28H50N2O2. The molecule has 2 aliphatic rings. The van der Waals surface area contributed by atoms with E-state index in [1.807, 2.05) is 13.1 Å². The standard InChI is InChI=1S/C17H26N2.C8H16O2.C3H8/c1-2-3-4-5-16-6-8-17(9-7-16)10-13-19-14-11-18-12-15-19;1-3-8-5-7(9)4-6(2)10-8;1-3-2/h6-9,11,14,18H,2-5,10,12-13,15H2,1H3;6-9H,3-5H2,1-2H3;3H2,1-2H3. The maximum absolute atomic E-state index is 9.30. The van der Waals surface area contributed by atoms with Crippen molar-refractivity contribution in [1.82, 2.24) is 10.2 Å². The third-order valence-electron chi connectivity index (χ3n) is 5.75. The number of benzene rings is 1. The molecule has 1 saturated heterocycles. The molecule has 3 unspecified atom stereocenters. The van der Waals surface area contributed by atoms with Crippen LogP contribution in [0.25, 0.3) is 0 Å². The molecule has 0 aliphatic carbocycles. The van der Waals surface area contributed by atoms with Gasteiger partial charge in [-0.2, -0.15) is 0 Å². The van der Waals surface area contributed by atoms with Crippen molar-refractivity contribution >= 4 is 0 Å². The Labute approximate surface area is 198 Å². The van der Waals surface area contributed by atoms with Crippen LogP contribution in [0, 0.1) is 0 Å². The number of hydrogen-bond acceptors (Lipinski definition) is 4. The van der Waals surface area contributed by atoms with E-state index in [-0.39, 0.29) is 12.2 Å². The number of nitrogens with one attached hydrogen (secondary N) is 1. The Morgan fingerprint density at radius 3 is 2.19 bits per heavy atom. The molecule has 0 bridgehead atoms. The zero-order chi connectivity index (χ0) is 23.6. The summed E-state index contributed by atoms with van der Waals surface area (Å²) < 4.78 is 5.55. The minimum Gasteiger partial charge on any atom is -0.393 e. The van der Waals surface area contributed by atoms with E-state index in [0.29, 0.717) is 6.10 Å². The van der Waals surface area contributed by atoms with Crippen LogP contribution in [0.2, 0.25) is 0 Å². The van der Waals surface area contributed by atoms with Crippen molar-refractivity contribution in [3.8, 4) is 0 Å². The number of aryl methyl sites for hydroxylation is 1. The predicted octanol–water partition coefficient (Wildman–Crippen LogP) is 6.08. The van der Waals surface area contributed by atoms with Crippen molar-refractivity contribution < 1.29 is 9.84 Å². The molecule has 3 atom stereocenters. The lowest BCUT2D eigenvalue weighted by molar-refractivity contribution is -0.0881. The molecule has 0 aromatic heterocycles. The van der Waals surface area contributed by atoms with E-state index in [1.165, 1.54) is 43.2 Å². The fraction of sp³-hybridized carbons (Fsp3) is 0.714. The number of ether oxygens (including phenoxy) is 1. The third-order valence-corrected chi connectivity index (χ3v) is 5.75. The van der Waals surface area contributed by atoms with Crippen LogP contribution < -0.4 is 5.32 Å². The van der Waals surface area contributed by atoms with E-state index in [4.69, 9.17) is 4.74 Å². The topological polar surface area (TPSA) is 44.7 Å². The molecule has 0 radical (unpaired) electrons. The quantitative estimate of drug-likeness (QED) is 0.475. The SMILES string of the molecule is CCC.CCC1CC(O)CC(C)O1.CCCCCc1ccc(CCN2C=CNCC2)cc1. The van der Waals surface area contributed by atoms with E-state index in [2.05, 4.69) is 68.4 Å². The first-order chi connectivity index (χ1) is 15.5. The lowest BCUT2D eigenvalue weighted by Crippen LogP contribution is -2.33. The lowest BCUT2D eigenvalue weighted by atomic mass is 10.0. The first kappa shape index (κ1) is 28.5. The van der Waals surface area contributed by atoms with Gasteiger partial charge in [-0.3, -0.25) is 0 Å². The molecule has 184 valence electrons. The highest BCUT2D eigenvalue weighted by Gasteiger charge is 2.23. The molecule has 0 amide bonds. The van der Waals surface area contributed by atoms with Crippen LogP contribution in [0.4, 0.5) is 0 Å². The number of nitrogens with zero attached hydrogens (tertiary/aromatic N) is 1. The summed E-state index contributed by atoms with van der Waals surface area (Å²) in [5.74, 6) is 0. The van der Waals surface area contributed by atoms with E-state index >= 15 is 0 Å². The van der Waals surface area contributed by atoms with Gasteiger partial charge in [0, 0.05) is 32.0 Å². The van der Waals surface area contributed by atoms with Crippen molar-refractivity contribution in [1.29, 1.82) is 0 Å². The molecule has 0 saturated carbocycles. The Morgan fingerprint density at radius 1 is 1.00 bits per heavy atom. The van der Waals surface area contributed by atoms with Crippen LogP contribution >= 0.6 is 0 Å². The second-order valence-corrected chi connectivity index (χ2v) is 9.14. The van der Waals surface area contributed by atoms with Gasteiger partial charge in [-0.1, -0.05) is 71.2 Å². The van der Waals surface area contributed by atoms with Crippen molar-refractivity contribution in [3.63, 3.8) is 0 Å². The van der Waals surface area contributed by atoms with E-state index in [0.717, 1.165) is 45.3 Å². The third kappa shape index (κ3) is 13.1. The summed E-state index contributed by atoms with van der Waals surface area (Å²) in [6.07, 6.45) is 14.8. The van der Waals surface area contributed by atoms with Crippen molar-refractivity contribution in [2.45, 2.75) is 111 Å². The monoisotopic (exact) mass is 446 g/mol. The Morgan fingerprint density at radius 2 is 1.66 bits per heavy atom. The van der Waals surface area contributed by atoms with Gasteiger partial charge in [-0.15, -0.1) is 0 Å². The Bertz CT molecular complexity index is 578. The molecule has 32 heavy (non-hydrogen) atoms. The highest BCUT2D eigenvalue weighted by atomic mass is 16.5. The van der Waals surface area contributed by atoms with Gasteiger partial charge in [0.05, 0.1) is 18.3 Å². The van der Waals surface area contributed by atoms with Gasteiger partial charge in [-0.05, 0) is 56.6 Å². The van der Waals surface area contributed by atoms with E-state index in [1.54, 1.807) is 0 Å². The molecule has 2 N–H and O–H groups in total. The Balaban J connectivity index is 0.000000330. The second-order valence-electron chi connectivity index (χ2n) is 9.14. The molecule has 4 heteroatoms. The minimum atomic E-state index is -0.131. The molecule has 2 aliphatic heterocycles. The molecule has 0 spiro atoms. The zero-order valence-corrected chi connectivity index (χ0v) is 21.5. The van der Waals surface area contributed by atoms with Crippen LogP contribution in [0.5, 0.6) is 0 Å². The van der Waals surface area contributed by atoms with Crippen LogP contribution in [0.1, 0.15) is 90.7 Å². The maximum atomic E-state index is 9.30. The van der Waals surface area contributed by atoms with Gasteiger partial charge in [0.1, 0.15) is 0 Å². The molecule has 1 aromatic rings. The van der Waals surface area contributed by atoms with Crippen LogP contribution in [-0.4, -0.2) is 48.0 Å². The van der Waals surface area contributed by atoms with E-state index in [9.17, 15) is 5.11 Å². The average molecular weight is 447 g/mol. The molecule has 1 aromatic carbocycles. The first-order valence-electron chi connectivity index (χ1n) is 13.1. The molecule has 3 rings (SSSR count). The van der Waals surface area contributed by atoms with Crippen LogP contribution in [0.15, 0.2) is 36.7 Å². The van der Waals surface area contributed by atoms with Gasteiger partial charge in [-0.25, -0.2) is 0 Å². The fourth-order valence-corrected chi connectivity index (χ4v) is 3.92. The lowest BCUT2D eigenvalue weighted by Gasteiger charge is -2.30. The van der Waals surface area contributed by atoms with Gasteiger partial charge < -0.3 is 20.1 Å². The summed E-state index contributed by atoms with van der Waals surface area (Å²) in [6.45, 7) is 13.9. The summed E-state index contributed by atoms with van der Waals surface area (Å²) in [6, 6.07) is 9.21. The summed E-state index contributed by atoms with van der Waals surface area (Å²) in [4.78, 5) is 2.38. The Kier molecular flexibility index (Phi) is 16.0. The largest absolute Gasteiger partial charge is 0.393 e. The second kappa shape index (κ2) is 18.0. The van der Waals surface area contributed by atoms with Crippen LogP contribution in [-0.2, 0) is 17.6 Å². The normalized spacial score (nSPS) is 22.2. The van der Waals surface area contributed by atoms with Crippen LogP contribution in [0.3, 0.4) is 0 Å². The number of rotatable bonds is 8. The van der Waals surface area contributed by atoms with Gasteiger partial charge >= 0.3 is 0 Å². The zero-order valence-electron chi connectivity index (χ0n) is 21.5. The van der Waals surface area contributed by atoms with E-state index < -0.39 is 0 Å². The summed E-state index contributed by atoms with van der Waals surface area (Å²) in [5.41, 5.74) is 2.94. The molecule has 4 nitrogen and oxygen atoms in total. The highest BCUT2D eigenvalue weighted by Crippen LogP contribution is 2.20. The molecule has 2 heterocycles. The smallest absolute Gasteiger partial charge is 0.0600 e. The summed E-state index contributed by atoms with van der Waals surface area (Å²) in [7, 11) is 0. The summed E-state index contributed by atoms with van der Waals surface area (Å²) in [5, 5.41) is 12.5. The molecule has 1 fully saturated rings. The average Bonchev–Trinajstić information content (AvgIpc) is 2.80.